The molecule has 0 atom stereocenters. The fourth-order valence-corrected chi connectivity index (χ4v) is 3.57. The molecule has 0 unspecified atom stereocenters. The number of non-ortho nitro benzene ring substituents is 1. The van der Waals surface area contributed by atoms with Gasteiger partial charge in [0, 0.05) is 17.8 Å². The van der Waals surface area contributed by atoms with Crippen molar-refractivity contribution < 1.29 is 28.8 Å². The second-order valence-electron chi connectivity index (χ2n) is 6.46. The van der Waals surface area contributed by atoms with Gasteiger partial charge in [0.05, 0.1) is 22.0 Å². The van der Waals surface area contributed by atoms with Gasteiger partial charge in [0.2, 0.25) is 5.91 Å². The molecule has 0 bridgehead atoms. The van der Waals surface area contributed by atoms with Gasteiger partial charge in [-0.3, -0.25) is 29.4 Å². The maximum Gasteiger partial charge on any atom is 0.338 e. The van der Waals surface area contributed by atoms with Crippen molar-refractivity contribution in [2.24, 2.45) is 0 Å². The molecule has 0 aliphatic carbocycles. The predicted octanol–water partition coefficient (Wildman–Crippen LogP) is 3.45. The Kier molecular flexibility index (Phi) is 7.00. The van der Waals surface area contributed by atoms with Gasteiger partial charge in [-0.25, -0.2) is 4.79 Å². The molecule has 10 nitrogen and oxygen atoms in total. The van der Waals surface area contributed by atoms with E-state index in [-0.39, 0.29) is 17.2 Å². The number of carbonyl (C=O) groups excluding carboxylic acids is 4. The van der Waals surface area contributed by atoms with Gasteiger partial charge in [-0.1, -0.05) is 0 Å². The zero-order chi connectivity index (χ0) is 23.3. The van der Waals surface area contributed by atoms with Crippen LogP contribution in [0.1, 0.15) is 22.8 Å². The molecule has 0 aromatic heterocycles. The monoisotopic (exact) mass is 455 g/mol. The zero-order valence-electron chi connectivity index (χ0n) is 16.8. The highest BCUT2D eigenvalue weighted by atomic mass is 32.2. The predicted molar refractivity (Wildman–Crippen MR) is 117 cm³/mol. The lowest BCUT2D eigenvalue weighted by molar-refractivity contribution is -0.384. The Morgan fingerprint density at radius 3 is 2.38 bits per heavy atom. The van der Waals surface area contributed by atoms with Gasteiger partial charge in [-0.05, 0) is 66.7 Å². The molecular formula is C21H17N3O7S. The van der Waals surface area contributed by atoms with Crippen molar-refractivity contribution in [3.8, 4) is 0 Å². The molecule has 2 aromatic carbocycles. The van der Waals surface area contributed by atoms with Gasteiger partial charge in [0.1, 0.15) is 6.54 Å². The number of benzene rings is 2. The van der Waals surface area contributed by atoms with Crippen molar-refractivity contribution in [3.63, 3.8) is 0 Å². The number of imide groups is 1. The van der Waals surface area contributed by atoms with E-state index < -0.39 is 34.5 Å². The fraction of sp³-hybridized carbons (Fsp3) is 0.143. The Morgan fingerprint density at radius 2 is 1.78 bits per heavy atom. The minimum Gasteiger partial charge on any atom is -0.462 e. The maximum absolute atomic E-state index is 12.5. The van der Waals surface area contributed by atoms with E-state index in [1.54, 1.807) is 6.92 Å². The van der Waals surface area contributed by atoms with Crippen LogP contribution in [0.25, 0.3) is 6.08 Å². The molecule has 1 aliphatic rings. The van der Waals surface area contributed by atoms with Crippen LogP contribution in [0.15, 0.2) is 53.4 Å². The van der Waals surface area contributed by atoms with E-state index in [2.05, 4.69) is 5.32 Å². The minimum absolute atomic E-state index is 0.0952. The Labute approximate surface area is 186 Å². The van der Waals surface area contributed by atoms with E-state index in [1.807, 2.05) is 0 Å². The molecule has 11 heteroatoms. The van der Waals surface area contributed by atoms with E-state index >= 15 is 0 Å². The number of anilines is 1. The summed E-state index contributed by atoms with van der Waals surface area (Å²) in [5.41, 5.74) is 1.12. The van der Waals surface area contributed by atoms with E-state index in [0.29, 0.717) is 28.6 Å². The average molecular weight is 455 g/mol. The maximum atomic E-state index is 12.5. The first-order valence-electron chi connectivity index (χ1n) is 9.35. The smallest absolute Gasteiger partial charge is 0.338 e. The number of nitro groups is 1. The van der Waals surface area contributed by atoms with Crippen LogP contribution in [0.3, 0.4) is 0 Å². The third kappa shape index (κ3) is 5.38. The number of nitrogens with one attached hydrogen (secondary N) is 1. The molecule has 2 aromatic rings. The lowest BCUT2D eigenvalue weighted by Gasteiger charge is -2.12. The number of rotatable bonds is 7. The molecule has 1 saturated heterocycles. The van der Waals surface area contributed by atoms with E-state index in [1.165, 1.54) is 54.6 Å². The van der Waals surface area contributed by atoms with E-state index in [0.717, 1.165) is 4.90 Å². The summed E-state index contributed by atoms with van der Waals surface area (Å²) in [6.07, 6.45) is 1.43. The fourth-order valence-electron chi connectivity index (χ4n) is 2.73. The Bertz CT molecular complexity index is 1110. The second kappa shape index (κ2) is 9.88. The van der Waals surface area contributed by atoms with Crippen LogP contribution in [-0.2, 0) is 14.3 Å². The summed E-state index contributed by atoms with van der Waals surface area (Å²) in [6, 6.07) is 11.5. The number of ether oxygens (including phenoxy) is 1. The van der Waals surface area contributed by atoms with Crippen molar-refractivity contribution in [2.45, 2.75) is 6.92 Å². The molecule has 1 heterocycles. The molecule has 32 heavy (non-hydrogen) atoms. The third-order valence-electron chi connectivity index (χ3n) is 4.26. The first-order valence-corrected chi connectivity index (χ1v) is 10.2. The SMILES string of the molecule is CCOC(=O)c1ccc(NC(=O)CN2C(=O)S/C(=C\c3ccc([N+](=O)[O-])cc3)C2=O)cc1. The van der Waals surface area contributed by atoms with Crippen LogP contribution < -0.4 is 5.32 Å². The molecule has 0 spiro atoms. The lowest BCUT2D eigenvalue weighted by Crippen LogP contribution is -2.36. The number of carbonyl (C=O) groups is 4. The van der Waals surface area contributed by atoms with Crippen molar-refractivity contribution >= 4 is 52.2 Å². The lowest BCUT2D eigenvalue weighted by atomic mass is 10.2. The number of thioether (sulfide) groups is 1. The summed E-state index contributed by atoms with van der Waals surface area (Å²) in [7, 11) is 0. The third-order valence-corrected chi connectivity index (χ3v) is 5.16. The largest absolute Gasteiger partial charge is 0.462 e. The summed E-state index contributed by atoms with van der Waals surface area (Å²) >= 11 is 0.678. The normalized spacial score (nSPS) is 14.5. The zero-order valence-corrected chi connectivity index (χ0v) is 17.6. The highest BCUT2D eigenvalue weighted by Crippen LogP contribution is 2.32. The number of amides is 3. The van der Waals surface area contributed by atoms with Crippen LogP contribution in [0.4, 0.5) is 16.2 Å². The number of hydrogen-bond donors (Lipinski definition) is 1. The summed E-state index contributed by atoms with van der Waals surface area (Å²) in [4.78, 5) is 59.8. The number of nitrogens with zero attached hydrogens (tertiary/aromatic N) is 2. The van der Waals surface area contributed by atoms with E-state index in [9.17, 15) is 29.3 Å². The van der Waals surface area contributed by atoms with Crippen LogP contribution >= 0.6 is 11.8 Å². The summed E-state index contributed by atoms with van der Waals surface area (Å²) in [6.45, 7) is 1.45. The number of esters is 1. The van der Waals surface area contributed by atoms with Gasteiger partial charge in [-0.2, -0.15) is 0 Å². The van der Waals surface area contributed by atoms with Crippen LogP contribution in [0.2, 0.25) is 0 Å². The average Bonchev–Trinajstić information content (AvgIpc) is 3.02. The van der Waals surface area contributed by atoms with Gasteiger partial charge in [0.15, 0.2) is 0 Å². The number of hydrogen-bond acceptors (Lipinski definition) is 8. The first kappa shape index (κ1) is 22.7. The minimum atomic E-state index is -0.633. The van der Waals surface area contributed by atoms with Gasteiger partial charge < -0.3 is 10.1 Å². The summed E-state index contributed by atoms with van der Waals surface area (Å²) in [5.74, 6) is -1.71. The number of nitro benzene ring substituents is 1. The molecule has 1 aliphatic heterocycles. The topological polar surface area (TPSA) is 136 Å². The summed E-state index contributed by atoms with van der Waals surface area (Å²) in [5, 5.41) is 12.7. The molecule has 0 saturated carbocycles. The van der Waals surface area contributed by atoms with Crippen LogP contribution in [-0.4, -0.2) is 46.0 Å². The van der Waals surface area contributed by atoms with Crippen LogP contribution in [0.5, 0.6) is 0 Å². The van der Waals surface area contributed by atoms with Crippen LogP contribution in [0, 0.1) is 10.1 Å². The second-order valence-corrected chi connectivity index (χ2v) is 7.46. The summed E-state index contributed by atoms with van der Waals surface area (Å²) < 4.78 is 4.88. The quantitative estimate of drug-likeness (QED) is 0.290. The van der Waals surface area contributed by atoms with Crippen molar-refractivity contribution in [1.82, 2.24) is 4.90 Å². The van der Waals surface area contributed by atoms with Crippen molar-refractivity contribution in [3.05, 3.63) is 74.7 Å². The first-order chi connectivity index (χ1) is 15.3. The van der Waals surface area contributed by atoms with Gasteiger partial charge in [0.25, 0.3) is 16.8 Å². The Balaban J connectivity index is 1.63. The molecule has 1 N–H and O–H groups in total. The molecule has 164 valence electrons. The Morgan fingerprint density at radius 1 is 1.12 bits per heavy atom. The molecule has 1 fully saturated rings. The molecular weight excluding hydrogens is 438 g/mol. The molecule has 3 amide bonds. The van der Waals surface area contributed by atoms with Gasteiger partial charge >= 0.3 is 5.97 Å². The molecule has 0 radical (unpaired) electrons. The molecule has 3 rings (SSSR count). The van der Waals surface area contributed by atoms with Crippen molar-refractivity contribution in [1.29, 1.82) is 0 Å². The van der Waals surface area contributed by atoms with E-state index in [4.69, 9.17) is 4.74 Å². The highest BCUT2D eigenvalue weighted by Gasteiger charge is 2.36. The highest BCUT2D eigenvalue weighted by molar-refractivity contribution is 8.18. The standard InChI is InChI=1S/C21H17N3O7S/c1-2-31-20(27)14-5-7-15(8-6-14)22-18(25)12-23-19(26)17(32-21(23)28)11-13-3-9-16(10-4-13)24(29)30/h3-11H,2,12H2,1H3,(H,22,25)/b17-11-. The van der Waals surface area contributed by atoms with Gasteiger partial charge in [-0.15, -0.1) is 0 Å². The Hall–Kier alpha value is -3.99. The van der Waals surface area contributed by atoms with Crippen molar-refractivity contribution in [2.75, 3.05) is 18.5 Å².